The number of aryl methyl sites for hydroxylation is 3. The molecule has 29 heavy (non-hydrogen) atoms. The van der Waals surface area contributed by atoms with Crippen molar-refractivity contribution in [1.29, 1.82) is 0 Å². The highest BCUT2D eigenvalue weighted by Gasteiger charge is 2.17. The minimum Gasteiger partial charge on any atom is -0.325 e. The van der Waals surface area contributed by atoms with E-state index < -0.39 is 0 Å². The van der Waals surface area contributed by atoms with E-state index in [2.05, 4.69) is 51.7 Å². The van der Waals surface area contributed by atoms with Crippen molar-refractivity contribution in [3.63, 3.8) is 0 Å². The number of fused-ring (bicyclic) bond motifs is 1. The van der Waals surface area contributed by atoms with Crippen molar-refractivity contribution in [3.8, 4) is 11.3 Å². The zero-order valence-electron chi connectivity index (χ0n) is 16.4. The molecular weight excluding hydrogens is 400 g/mol. The van der Waals surface area contributed by atoms with Gasteiger partial charge in [0.25, 0.3) is 0 Å². The summed E-state index contributed by atoms with van der Waals surface area (Å²) >= 11 is 2.96. The Balaban J connectivity index is 1.55. The first kappa shape index (κ1) is 19.5. The minimum atomic E-state index is -0.0802. The number of nitrogens with zero attached hydrogens (tertiary/aromatic N) is 3. The summed E-state index contributed by atoms with van der Waals surface area (Å²) in [7, 11) is 0. The smallest absolute Gasteiger partial charge is 0.234 e. The number of nitrogens with one attached hydrogen (secondary N) is 1. The molecule has 1 N–H and O–H groups in total. The lowest BCUT2D eigenvalue weighted by atomic mass is 10.1. The van der Waals surface area contributed by atoms with Gasteiger partial charge < -0.3 is 5.32 Å². The van der Waals surface area contributed by atoms with Gasteiger partial charge in [-0.2, -0.15) is 0 Å². The van der Waals surface area contributed by atoms with Crippen LogP contribution >= 0.6 is 23.1 Å². The molecule has 0 radical (unpaired) electrons. The molecule has 0 unspecified atom stereocenters. The molecular formula is C22H20N4OS2. The van der Waals surface area contributed by atoms with Crippen LogP contribution in [0.5, 0.6) is 0 Å². The topological polar surface area (TPSA) is 67.8 Å². The molecule has 0 aliphatic carbocycles. The van der Waals surface area contributed by atoms with Gasteiger partial charge in [-0.1, -0.05) is 59.3 Å². The fourth-order valence-corrected chi connectivity index (χ4v) is 4.60. The second-order valence-corrected chi connectivity index (χ2v) is 9.00. The summed E-state index contributed by atoms with van der Waals surface area (Å²) < 4.78 is 1.00. The Labute approximate surface area is 177 Å². The molecule has 0 spiro atoms. The van der Waals surface area contributed by atoms with Gasteiger partial charge in [0.05, 0.1) is 15.5 Å². The van der Waals surface area contributed by atoms with Crippen molar-refractivity contribution in [2.24, 2.45) is 0 Å². The number of hydrogen-bond acceptors (Lipinski definition) is 6. The maximum absolute atomic E-state index is 12.3. The Kier molecular flexibility index (Phi) is 5.60. The molecule has 2 heterocycles. The van der Waals surface area contributed by atoms with Crippen LogP contribution in [0.4, 0.5) is 5.69 Å². The molecule has 0 saturated heterocycles. The summed E-state index contributed by atoms with van der Waals surface area (Å²) in [6, 6.07) is 16.0. The molecule has 0 aliphatic rings. The molecule has 0 fully saturated rings. The summed E-state index contributed by atoms with van der Waals surface area (Å²) in [4.78, 5) is 17.0. The first-order valence-electron chi connectivity index (χ1n) is 9.20. The molecule has 0 bridgehead atoms. The first-order valence-corrected chi connectivity index (χ1v) is 11.0. The van der Waals surface area contributed by atoms with Crippen molar-refractivity contribution >= 4 is 44.9 Å². The molecule has 2 aromatic heterocycles. The predicted molar refractivity (Wildman–Crippen MR) is 121 cm³/mol. The summed E-state index contributed by atoms with van der Waals surface area (Å²) in [5, 5.41) is 13.4. The van der Waals surface area contributed by atoms with Crippen LogP contribution in [0.1, 0.15) is 16.1 Å². The normalized spacial score (nSPS) is 11.0. The second-order valence-electron chi connectivity index (χ2n) is 6.83. The van der Waals surface area contributed by atoms with E-state index >= 15 is 0 Å². The number of aromatic nitrogens is 3. The van der Waals surface area contributed by atoms with Crippen LogP contribution in [0.15, 0.2) is 53.6 Å². The van der Waals surface area contributed by atoms with Crippen LogP contribution in [0.3, 0.4) is 0 Å². The van der Waals surface area contributed by atoms with Crippen molar-refractivity contribution < 1.29 is 4.79 Å². The van der Waals surface area contributed by atoms with Crippen molar-refractivity contribution in [2.75, 3.05) is 11.1 Å². The van der Waals surface area contributed by atoms with Gasteiger partial charge >= 0.3 is 0 Å². The Hall–Kier alpha value is -2.77. The summed E-state index contributed by atoms with van der Waals surface area (Å²) in [6.45, 7) is 6.05. The SMILES string of the molecule is Cc1ccc(NC(=O)CSc2nnc(-c3ccc(C)cc3)c3sc(C)nc23)cc1. The summed E-state index contributed by atoms with van der Waals surface area (Å²) in [6.07, 6.45) is 0. The quantitative estimate of drug-likeness (QED) is 0.437. The fraction of sp³-hybridized carbons (Fsp3) is 0.182. The number of anilines is 1. The number of rotatable bonds is 5. The van der Waals surface area contributed by atoms with E-state index in [1.807, 2.05) is 38.1 Å². The molecule has 5 nitrogen and oxygen atoms in total. The Bertz CT molecular complexity index is 1170. The number of hydrogen-bond donors (Lipinski definition) is 1. The first-order chi connectivity index (χ1) is 14.0. The van der Waals surface area contributed by atoms with Gasteiger partial charge in [-0.15, -0.1) is 21.5 Å². The lowest BCUT2D eigenvalue weighted by molar-refractivity contribution is -0.113. The molecule has 4 aromatic rings. The van der Waals surface area contributed by atoms with Crippen LogP contribution < -0.4 is 5.32 Å². The number of carbonyl (C=O) groups is 1. The Morgan fingerprint density at radius 2 is 1.62 bits per heavy atom. The van der Waals surface area contributed by atoms with Crippen LogP contribution in [-0.4, -0.2) is 26.8 Å². The van der Waals surface area contributed by atoms with Gasteiger partial charge in [0.1, 0.15) is 16.2 Å². The van der Waals surface area contributed by atoms with Crippen molar-refractivity contribution in [3.05, 3.63) is 64.7 Å². The standard InChI is InChI=1S/C22H20N4OS2/c1-13-4-8-16(9-5-13)19-21-20(23-15(3)29-21)22(26-25-19)28-12-18(27)24-17-10-6-14(2)7-11-17/h4-11H,12H2,1-3H3,(H,24,27). The Morgan fingerprint density at radius 3 is 2.31 bits per heavy atom. The molecule has 146 valence electrons. The monoisotopic (exact) mass is 420 g/mol. The number of benzene rings is 2. The molecule has 2 aromatic carbocycles. The van der Waals surface area contributed by atoms with Gasteiger partial charge in [0.2, 0.25) is 5.91 Å². The maximum Gasteiger partial charge on any atom is 0.234 e. The van der Waals surface area contributed by atoms with Crippen molar-refractivity contribution in [1.82, 2.24) is 15.2 Å². The van der Waals surface area contributed by atoms with E-state index in [9.17, 15) is 4.79 Å². The summed E-state index contributed by atoms with van der Waals surface area (Å²) in [5.74, 6) is 0.168. The third-order valence-corrected chi connectivity index (χ3v) is 6.33. The molecule has 0 atom stereocenters. The number of thiazole rings is 1. The second kappa shape index (κ2) is 8.31. The molecule has 0 aliphatic heterocycles. The predicted octanol–water partition coefficient (Wildman–Crippen LogP) is 5.41. The largest absolute Gasteiger partial charge is 0.325 e. The summed E-state index contributed by atoms with van der Waals surface area (Å²) in [5.41, 5.74) is 5.81. The van der Waals surface area contributed by atoms with Crippen LogP contribution in [-0.2, 0) is 4.79 Å². The maximum atomic E-state index is 12.3. The van der Waals surface area contributed by atoms with E-state index in [-0.39, 0.29) is 11.7 Å². The highest BCUT2D eigenvalue weighted by atomic mass is 32.2. The molecule has 4 rings (SSSR count). The third-order valence-electron chi connectivity index (χ3n) is 4.39. The number of amides is 1. The van der Waals surface area contributed by atoms with E-state index in [0.29, 0.717) is 5.03 Å². The van der Waals surface area contributed by atoms with E-state index in [1.165, 1.54) is 17.3 Å². The highest BCUT2D eigenvalue weighted by Crippen LogP contribution is 2.35. The zero-order chi connectivity index (χ0) is 20.4. The van der Waals surface area contributed by atoms with Crippen LogP contribution in [0, 0.1) is 20.8 Å². The van der Waals surface area contributed by atoms with E-state index in [4.69, 9.17) is 0 Å². The average Bonchev–Trinajstić information content (AvgIpc) is 3.10. The van der Waals surface area contributed by atoms with Crippen LogP contribution in [0.2, 0.25) is 0 Å². The van der Waals surface area contributed by atoms with Gasteiger partial charge in [-0.05, 0) is 32.9 Å². The lowest BCUT2D eigenvalue weighted by Crippen LogP contribution is -2.14. The fourth-order valence-electron chi connectivity index (χ4n) is 2.89. The third kappa shape index (κ3) is 4.46. The number of thioether (sulfide) groups is 1. The highest BCUT2D eigenvalue weighted by molar-refractivity contribution is 8.00. The average molecular weight is 421 g/mol. The van der Waals surface area contributed by atoms with Gasteiger partial charge in [0.15, 0.2) is 0 Å². The molecule has 1 amide bonds. The molecule has 7 heteroatoms. The lowest BCUT2D eigenvalue weighted by Gasteiger charge is -2.07. The molecule has 0 saturated carbocycles. The van der Waals surface area contributed by atoms with Gasteiger partial charge in [-0.3, -0.25) is 4.79 Å². The van der Waals surface area contributed by atoms with E-state index in [1.54, 1.807) is 11.3 Å². The van der Waals surface area contributed by atoms with Crippen molar-refractivity contribution in [2.45, 2.75) is 25.8 Å². The van der Waals surface area contributed by atoms with E-state index in [0.717, 1.165) is 37.7 Å². The minimum absolute atomic E-state index is 0.0802. The van der Waals surface area contributed by atoms with Gasteiger partial charge in [-0.25, -0.2) is 4.98 Å². The van der Waals surface area contributed by atoms with Crippen LogP contribution in [0.25, 0.3) is 21.5 Å². The number of carbonyl (C=O) groups excluding carboxylic acids is 1. The van der Waals surface area contributed by atoms with Gasteiger partial charge in [0, 0.05) is 11.3 Å². The zero-order valence-corrected chi connectivity index (χ0v) is 18.0. The Morgan fingerprint density at radius 1 is 0.966 bits per heavy atom.